The van der Waals surface area contributed by atoms with Crippen LogP contribution in [0.1, 0.15) is 25.0 Å². The molecule has 1 heterocycles. The van der Waals surface area contributed by atoms with Gasteiger partial charge in [-0.2, -0.15) is 5.10 Å². The smallest absolute Gasteiger partial charge is 0.224 e. The van der Waals surface area contributed by atoms with Gasteiger partial charge in [-0.1, -0.05) is 18.2 Å². The fraction of sp³-hybridized carbons (Fsp3) is 0.474. The molecule has 0 radical (unpaired) electrons. The largest absolute Gasteiger partial charge is 0.488 e. The molecule has 0 aliphatic heterocycles. The number of ether oxygens (including phenoxy) is 1. The van der Waals surface area contributed by atoms with Crippen LogP contribution < -0.4 is 4.74 Å². The van der Waals surface area contributed by atoms with Crippen molar-refractivity contribution in [2.75, 3.05) is 7.05 Å². The van der Waals surface area contributed by atoms with E-state index in [2.05, 4.69) is 5.10 Å². The molecule has 1 aromatic heterocycles. The first kappa shape index (κ1) is 17.5. The number of carbonyl (C=O) groups excluding carboxylic acids is 1. The summed E-state index contributed by atoms with van der Waals surface area (Å²) in [5.74, 6) is 0.759. The maximum atomic E-state index is 12.5. The normalized spacial score (nSPS) is 22.8. The number of aliphatic hydroxyl groups is 1. The van der Waals surface area contributed by atoms with Gasteiger partial charge in [0.15, 0.2) is 0 Å². The predicted molar refractivity (Wildman–Crippen MR) is 94.2 cm³/mol. The third kappa shape index (κ3) is 4.02. The summed E-state index contributed by atoms with van der Waals surface area (Å²) in [6.07, 6.45) is 2.61. The van der Waals surface area contributed by atoms with Crippen LogP contribution in [-0.4, -0.2) is 51.0 Å². The summed E-state index contributed by atoms with van der Waals surface area (Å²) >= 11 is 0. The number of benzene rings is 1. The van der Waals surface area contributed by atoms with Gasteiger partial charge in [0.05, 0.1) is 6.04 Å². The molecular formula is C19H25N3O3. The monoisotopic (exact) mass is 343 g/mol. The minimum absolute atomic E-state index is 0.0133. The number of nitrogens with zero attached hydrogens (tertiary/aromatic N) is 3. The van der Waals surface area contributed by atoms with Gasteiger partial charge < -0.3 is 14.7 Å². The lowest BCUT2D eigenvalue weighted by Gasteiger charge is -2.29. The summed E-state index contributed by atoms with van der Waals surface area (Å²) in [5, 5.41) is 14.8. The second-order valence-corrected chi connectivity index (χ2v) is 6.56. The second kappa shape index (κ2) is 7.70. The van der Waals surface area contributed by atoms with E-state index >= 15 is 0 Å². The third-order valence-electron chi connectivity index (χ3n) is 4.91. The molecule has 6 nitrogen and oxygen atoms in total. The van der Waals surface area contributed by atoms with Crippen molar-refractivity contribution >= 4 is 5.91 Å². The lowest BCUT2D eigenvalue weighted by molar-refractivity contribution is -0.134. The van der Waals surface area contributed by atoms with E-state index in [0.29, 0.717) is 13.0 Å². The zero-order valence-electron chi connectivity index (χ0n) is 14.7. The van der Waals surface area contributed by atoms with Crippen LogP contribution in [0.5, 0.6) is 5.75 Å². The van der Waals surface area contributed by atoms with Gasteiger partial charge in [-0.25, -0.2) is 0 Å². The van der Waals surface area contributed by atoms with E-state index in [1.54, 1.807) is 18.1 Å². The number of aryl methyl sites for hydroxylation is 2. The first-order valence-corrected chi connectivity index (χ1v) is 8.70. The Hall–Kier alpha value is -2.34. The fourth-order valence-electron chi connectivity index (χ4n) is 3.35. The zero-order valence-corrected chi connectivity index (χ0v) is 14.7. The second-order valence-electron chi connectivity index (χ2n) is 6.56. The van der Waals surface area contributed by atoms with Gasteiger partial charge in [-0.15, -0.1) is 0 Å². The van der Waals surface area contributed by atoms with Crippen LogP contribution in [0.2, 0.25) is 0 Å². The maximum absolute atomic E-state index is 12.5. The Kier molecular flexibility index (Phi) is 5.38. The van der Waals surface area contributed by atoms with Gasteiger partial charge in [0.1, 0.15) is 18.0 Å². The number of amides is 1. The molecule has 1 N–H and O–H groups in total. The van der Waals surface area contributed by atoms with Crippen LogP contribution in [-0.2, 0) is 11.3 Å². The van der Waals surface area contributed by atoms with Crippen molar-refractivity contribution in [3.8, 4) is 5.75 Å². The van der Waals surface area contributed by atoms with Crippen molar-refractivity contribution in [3.63, 3.8) is 0 Å². The molecule has 1 fully saturated rings. The Labute approximate surface area is 148 Å². The lowest BCUT2D eigenvalue weighted by Crippen LogP contribution is -2.45. The molecule has 25 heavy (non-hydrogen) atoms. The van der Waals surface area contributed by atoms with E-state index in [-0.39, 0.29) is 18.1 Å². The maximum Gasteiger partial charge on any atom is 0.224 e. The van der Waals surface area contributed by atoms with E-state index in [9.17, 15) is 9.90 Å². The molecule has 0 spiro atoms. The van der Waals surface area contributed by atoms with Crippen molar-refractivity contribution in [2.24, 2.45) is 0 Å². The highest BCUT2D eigenvalue weighted by molar-refractivity contribution is 5.76. The molecule has 1 saturated carbocycles. The van der Waals surface area contributed by atoms with Gasteiger partial charge in [0, 0.05) is 31.9 Å². The fourth-order valence-corrected chi connectivity index (χ4v) is 3.35. The molecule has 3 rings (SSSR count). The van der Waals surface area contributed by atoms with Crippen LogP contribution >= 0.6 is 0 Å². The Morgan fingerprint density at radius 3 is 2.76 bits per heavy atom. The van der Waals surface area contributed by atoms with Crippen molar-refractivity contribution in [2.45, 2.75) is 51.0 Å². The number of carbonyl (C=O) groups is 1. The minimum atomic E-state index is -0.680. The third-order valence-corrected chi connectivity index (χ3v) is 4.91. The first-order valence-electron chi connectivity index (χ1n) is 8.70. The topological polar surface area (TPSA) is 67.6 Å². The summed E-state index contributed by atoms with van der Waals surface area (Å²) in [5.41, 5.74) is 1.03. The van der Waals surface area contributed by atoms with Gasteiger partial charge in [0.25, 0.3) is 0 Å². The van der Waals surface area contributed by atoms with Crippen LogP contribution in [0.4, 0.5) is 0 Å². The van der Waals surface area contributed by atoms with Crippen molar-refractivity contribution in [3.05, 3.63) is 48.3 Å². The summed E-state index contributed by atoms with van der Waals surface area (Å²) < 4.78 is 7.70. The van der Waals surface area contributed by atoms with Gasteiger partial charge >= 0.3 is 0 Å². The molecule has 1 aliphatic carbocycles. The number of hydrogen-bond donors (Lipinski definition) is 1. The van der Waals surface area contributed by atoms with Crippen LogP contribution in [0, 0.1) is 6.92 Å². The van der Waals surface area contributed by atoms with Crippen molar-refractivity contribution in [1.82, 2.24) is 14.7 Å². The van der Waals surface area contributed by atoms with Crippen LogP contribution in [0.15, 0.2) is 42.6 Å². The van der Waals surface area contributed by atoms with E-state index in [1.807, 2.05) is 48.0 Å². The molecule has 134 valence electrons. The van der Waals surface area contributed by atoms with Crippen molar-refractivity contribution < 1.29 is 14.6 Å². The molecule has 0 unspecified atom stereocenters. The number of likely N-dealkylation sites (N-methyl/N-ethyl adjacent to an activating group) is 1. The summed E-state index contributed by atoms with van der Waals surface area (Å²) in [6, 6.07) is 11.2. The lowest BCUT2D eigenvalue weighted by atomic mass is 10.1. The van der Waals surface area contributed by atoms with Gasteiger partial charge in [-0.3, -0.25) is 9.48 Å². The minimum Gasteiger partial charge on any atom is -0.488 e. The summed E-state index contributed by atoms with van der Waals surface area (Å²) in [4.78, 5) is 14.1. The number of hydrogen-bond acceptors (Lipinski definition) is 4. The molecule has 1 aromatic carbocycles. The Balaban J connectivity index is 1.54. The molecule has 1 amide bonds. The van der Waals surface area contributed by atoms with E-state index in [0.717, 1.165) is 24.3 Å². The summed E-state index contributed by atoms with van der Waals surface area (Å²) in [6.45, 7) is 2.52. The van der Waals surface area contributed by atoms with Gasteiger partial charge in [0.2, 0.25) is 5.91 Å². The molecule has 6 heteroatoms. The standard InChI is InChI=1S/C19H25N3O3/c1-14-10-12-20-22(14)13-11-18(23)21(2)16-8-9-17(19(16)24)25-15-6-4-3-5-7-15/h3-7,10,12,16-17,19,24H,8-9,11,13H2,1-2H3/t16-,17-,19-/m1/s1. The predicted octanol–water partition coefficient (Wildman–Crippen LogP) is 2.01. The van der Waals surface area contributed by atoms with E-state index in [4.69, 9.17) is 4.74 Å². The summed E-state index contributed by atoms with van der Waals surface area (Å²) in [7, 11) is 1.76. The number of rotatable bonds is 6. The number of aliphatic hydroxyl groups excluding tert-OH is 1. The van der Waals surface area contributed by atoms with Crippen molar-refractivity contribution in [1.29, 1.82) is 0 Å². The van der Waals surface area contributed by atoms with E-state index < -0.39 is 6.10 Å². The average molecular weight is 343 g/mol. The highest BCUT2D eigenvalue weighted by Gasteiger charge is 2.40. The van der Waals surface area contributed by atoms with Gasteiger partial charge in [-0.05, 0) is 38.0 Å². The Bertz CT molecular complexity index is 701. The molecule has 0 saturated heterocycles. The quantitative estimate of drug-likeness (QED) is 0.871. The number of aromatic nitrogens is 2. The average Bonchev–Trinajstić information content (AvgIpc) is 3.19. The molecule has 1 aliphatic rings. The highest BCUT2D eigenvalue weighted by Crippen LogP contribution is 2.28. The highest BCUT2D eigenvalue weighted by atomic mass is 16.5. The number of para-hydroxylation sites is 1. The zero-order chi connectivity index (χ0) is 17.8. The van der Waals surface area contributed by atoms with Crippen LogP contribution in [0.3, 0.4) is 0 Å². The molecule has 0 bridgehead atoms. The molecular weight excluding hydrogens is 318 g/mol. The van der Waals surface area contributed by atoms with E-state index in [1.165, 1.54) is 0 Å². The molecule has 3 atom stereocenters. The SMILES string of the molecule is Cc1ccnn1CCC(=O)N(C)[C@@H]1CC[C@@H](Oc2ccccc2)[C@@H]1O. The molecule has 2 aromatic rings. The first-order chi connectivity index (χ1) is 12.1. The Morgan fingerprint density at radius 1 is 1.32 bits per heavy atom. The Morgan fingerprint density at radius 2 is 2.08 bits per heavy atom. The van der Waals surface area contributed by atoms with Crippen LogP contribution in [0.25, 0.3) is 0 Å².